The minimum atomic E-state index is -1.20. The molecule has 1 aliphatic carbocycles. The molecule has 1 aliphatic heterocycles. The van der Waals surface area contributed by atoms with Gasteiger partial charge in [-0.1, -0.05) is 27.7 Å². The van der Waals surface area contributed by atoms with Crippen molar-refractivity contribution < 1.29 is 42.9 Å². The summed E-state index contributed by atoms with van der Waals surface area (Å²) in [6.07, 6.45) is -1.00. The molecule has 5 atom stereocenters. The molecule has 2 unspecified atom stereocenters. The van der Waals surface area contributed by atoms with Gasteiger partial charge >= 0.3 is 12.1 Å². The minimum Gasteiger partial charge on any atom is -0.497 e. The van der Waals surface area contributed by atoms with E-state index < -0.39 is 58.6 Å². The largest absolute Gasteiger partial charge is 0.497 e. The van der Waals surface area contributed by atoms with Crippen LogP contribution in [0.15, 0.2) is 29.6 Å². The van der Waals surface area contributed by atoms with E-state index >= 15 is 0 Å². The van der Waals surface area contributed by atoms with E-state index in [1.165, 1.54) is 30.3 Å². The molecule has 2 fully saturated rings. The SMILES string of the molecule is COC(=O)[C@@]1(NC(=O)C2C[C@@H](Oc3cc(-c4csc(NC(C)=O)n4)nc4cc(OC)ccc34)CN2C(=O)[C@@H](NC(=O)OC(C)(C)C)C(C)(C)C)CC1C. The zero-order valence-electron chi connectivity index (χ0n) is 31.7. The van der Waals surface area contributed by atoms with Crippen LogP contribution in [0.4, 0.5) is 9.93 Å². The number of amides is 4. The summed E-state index contributed by atoms with van der Waals surface area (Å²) in [6.45, 7) is 13.8. The standard InChI is InChI=1S/C37H48N6O9S/c1-19-16-37(19,32(47)50-10)42-30(45)27-14-22(17-43(27)31(46)29(35(3,4)5)41-34(48)52-36(6,7)8)51-28-15-25(26-18-53-33(40-26)38-20(2)44)39-24-13-21(49-9)11-12-23(24)28/h11-13,15,18-19,22,27,29H,14,16-17H2,1-10H3,(H,41,48)(H,42,45)(H,38,40,44)/t19?,22-,27?,29-,37-/m1/s1. The van der Waals surface area contributed by atoms with Gasteiger partial charge in [0.1, 0.15) is 46.5 Å². The van der Waals surface area contributed by atoms with Gasteiger partial charge in [-0.15, -0.1) is 11.3 Å². The lowest BCUT2D eigenvalue weighted by molar-refractivity contribution is -0.148. The first-order chi connectivity index (χ1) is 24.7. The number of rotatable bonds is 10. The van der Waals surface area contributed by atoms with Gasteiger partial charge in [0, 0.05) is 36.2 Å². The van der Waals surface area contributed by atoms with Crippen molar-refractivity contribution in [2.75, 3.05) is 26.1 Å². The minimum absolute atomic E-state index is 0.0149. The average molecular weight is 753 g/mol. The number of thiazole rings is 1. The number of likely N-dealkylation sites (tertiary alicyclic amines) is 1. The van der Waals surface area contributed by atoms with Crippen LogP contribution in [0.25, 0.3) is 22.3 Å². The molecular weight excluding hydrogens is 705 g/mol. The van der Waals surface area contributed by atoms with Crippen LogP contribution in [0, 0.1) is 11.3 Å². The summed E-state index contributed by atoms with van der Waals surface area (Å²) in [5, 5.41) is 11.1. The van der Waals surface area contributed by atoms with Gasteiger partial charge in [-0.2, -0.15) is 0 Å². The second-order valence-corrected chi connectivity index (χ2v) is 16.5. The summed E-state index contributed by atoms with van der Waals surface area (Å²) >= 11 is 1.25. The highest BCUT2D eigenvalue weighted by molar-refractivity contribution is 7.14. The van der Waals surface area contributed by atoms with Crippen molar-refractivity contribution >= 4 is 57.2 Å². The zero-order chi connectivity index (χ0) is 39.0. The Morgan fingerprint density at radius 3 is 2.30 bits per heavy atom. The fourth-order valence-electron chi connectivity index (χ4n) is 6.34. The predicted octanol–water partition coefficient (Wildman–Crippen LogP) is 4.68. The number of carbonyl (C=O) groups is 5. The lowest BCUT2D eigenvalue weighted by atomic mass is 9.85. The number of anilines is 1. The van der Waals surface area contributed by atoms with Crippen molar-refractivity contribution in [2.45, 2.75) is 97.6 Å². The van der Waals surface area contributed by atoms with E-state index in [1.54, 1.807) is 78.3 Å². The summed E-state index contributed by atoms with van der Waals surface area (Å²) < 4.78 is 22.6. The number of nitrogens with one attached hydrogen (secondary N) is 3. The molecule has 16 heteroatoms. The quantitative estimate of drug-likeness (QED) is 0.244. The number of fused-ring (bicyclic) bond motifs is 1. The molecule has 0 radical (unpaired) electrons. The Morgan fingerprint density at radius 1 is 1.02 bits per heavy atom. The highest BCUT2D eigenvalue weighted by atomic mass is 32.1. The van der Waals surface area contributed by atoms with E-state index in [0.717, 1.165) is 0 Å². The molecule has 2 aromatic heterocycles. The van der Waals surface area contributed by atoms with Gasteiger partial charge in [0.25, 0.3) is 0 Å². The Labute approximate surface area is 312 Å². The monoisotopic (exact) mass is 752 g/mol. The number of hydrogen-bond acceptors (Lipinski definition) is 12. The van der Waals surface area contributed by atoms with E-state index in [-0.39, 0.29) is 24.8 Å². The number of benzene rings is 1. The first-order valence-electron chi connectivity index (χ1n) is 17.3. The number of ether oxygens (including phenoxy) is 4. The molecule has 0 spiro atoms. The maximum absolute atomic E-state index is 14.5. The summed E-state index contributed by atoms with van der Waals surface area (Å²) in [5.74, 6) is -1.04. The maximum atomic E-state index is 14.5. The molecule has 3 N–H and O–H groups in total. The molecule has 3 aromatic rings. The van der Waals surface area contributed by atoms with Crippen LogP contribution in [0.2, 0.25) is 0 Å². The van der Waals surface area contributed by atoms with E-state index in [0.29, 0.717) is 45.3 Å². The number of esters is 1. The second kappa shape index (κ2) is 14.8. The third-order valence-electron chi connectivity index (χ3n) is 9.15. The first kappa shape index (κ1) is 39.2. The van der Waals surface area contributed by atoms with Crippen molar-refractivity contribution in [3.63, 3.8) is 0 Å². The average Bonchev–Trinajstić information content (AvgIpc) is 3.37. The molecule has 5 rings (SSSR count). The third kappa shape index (κ3) is 8.80. The van der Waals surface area contributed by atoms with E-state index in [4.69, 9.17) is 23.9 Å². The number of methoxy groups -OCH3 is 2. The first-order valence-corrected chi connectivity index (χ1v) is 18.2. The second-order valence-electron chi connectivity index (χ2n) is 15.6. The van der Waals surface area contributed by atoms with Crippen LogP contribution >= 0.6 is 11.3 Å². The number of alkyl carbamates (subject to hydrolysis) is 1. The fourth-order valence-corrected chi connectivity index (χ4v) is 7.10. The van der Waals surface area contributed by atoms with Crippen molar-refractivity contribution in [1.29, 1.82) is 0 Å². The highest BCUT2D eigenvalue weighted by Gasteiger charge is 2.61. The zero-order valence-corrected chi connectivity index (χ0v) is 32.6. The van der Waals surface area contributed by atoms with Gasteiger partial charge in [-0.3, -0.25) is 14.4 Å². The molecule has 53 heavy (non-hydrogen) atoms. The van der Waals surface area contributed by atoms with Crippen molar-refractivity contribution in [1.82, 2.24) is 25.5 Å². The number of pyridine rings is 1. The van der Waals surface area contributed by atoms with Gasteiger partial charge in [-0.05, 0) is 50.7 Å². The Balaban J connectivity index is 1.51. The summed E-state index contributed by atoms with van der Waals surface area (Å²) in [4.78, 5) is 76.7. The third-order valence-corrected chi connectivity index (χ3v) is 9.91. The summed E-state index contributed by atoms with van der Waals surface area (Å²) in [5.41, 5.74) is -1.29. The molecule has 3 heterocycles. The molecular formula is C37H48N6O9S. The molecule has 4 amide bonds. The normalized spacial score (nSPS) is 21.7. The molecule has 1 saturated carbocycles. The van der Waals surface area contributed by atoms with Gasteiger partial charge in [0.05, 0.1) is 32.0 Å². The number of nitrogens with zero attached hydrogens (tertiary/aromatic N) is 3. The lowest BCUT2D eigenvalue weighted by Crippen LogP contribution is -2.59. The van der Waals surface area contributed by atoms with Crippen molar-refractivity contribution in [2.24, 2.45) is 11.3 Å². The lowest BCUT2D eigenvalue weighted by Gasteiger charge is -2.36. The predicted molar refractivity (Wildman–Crippen MR) is 198 cm³/mol. The van der Waals surface area contributed by atoms with Crippen molar-refractivity contribution in [3.05, 3.63) is 29.6 Å². The van der Waals surface area contributed by atoms with Gasteiger partial charge < -0.3 is 39.8 Å². The molecule has 2 aliphatic rings. The van der Waals surface area contributed by atoms with E-state index in [2.05, 4.69) is 20.9 Å². The summed E-state index contributed by atoms with van der Waals surface area (Å²) in [7, 11) is 2.81. The maximum Gasteiger partial charge on any atom is 0.408 e. The Kier molecular flexibility index (Phi) is 11.0. The van der Waals surface area contributed by atoms with Crippen molar-refractivity contribution in [3.8, 4) is 22.9 Å². The van der Waals surface area contributed by atoms with Gasteiger partial charge in [0.15, 0.2) is 5.13 Å². The molecule has 286 valence electrons. The van der Waals surface area contributed by atoms with Gasteiger partial charge in [0.2, 0.25) is 17.7 Å². The van der Waals surface area contributed by atoms with Crippen LogP contribution in [0.5, 0.6) is 11.5 Å². The van der Waals surface area contributed by atoms with Crippen LogP contribution in [-0.4, -0.2) is 94.7 Å². The van der Waals surface area contributed by atoms with E-state index in [1.807, 2.05) is 6.92 Å². The number of hydrogen-bond donors (Lipinski definition) is 3. The Morgan fingerprint density at radius 2 is 1.72 bits per heavy atom. The summed E-state index contributed by atoms with van der Waals surface area (Å²) in [6, 6.07) is 4.92. The van der Waals surface area contributed by atoms with Crippen LogP contribution in [-0.2, 0) is 28.7 Å². The van der Waals surface area contributed by atoms with Crippen LogP contribution < -0.4 is 25.4 Å². The Hall–Kier alpha value is -4.99. The van der Waals surface area contributed by atoms with Crippen LogP contribution in [0.1, 0.15) is 68.2 Å². The smallest absolute Gasteiger partial charge is 0.408 e. The van der Waals surface area contributed by atoms with E-state index in [9.17, 15) is 24.0 Å². The molecule has 15 nitrogen and oxygen atoms in total. The van der Waals surface area contributed by atoms with Crippen LogP contribution in [0.3, 0.4) is 0 Å². The Bertz CT molecular complexity index is 1920. The number of aromatic nitrogens is 2. The highest BCUT2D eigenvalue weighted by Crippen LogP contribution is 2.44. The molecule has 1 aromatic carbocycles. The molecule has 0 bridgehead atoms. The van der Waals surface area contributed by atoms with Gasteiger partial charge in [-0.25, -0.2) is 19.6 Å². The number of carbonyl (C=O) groups excluding carboxylic acids is 5. The fraction of sp³-hybridized carbons (Fsp3) is 0.541. The molecule has 1 saturated heterocycles. The topological polar surface area (TPSA) is 187 Å².